The Bertz CT molecular complexity index is 1530. The molecule has 0 fully saturated rings. The van der Waals surface area contributed by atoms with Gasteiger partial charge in [0.15, 0.2) is 5.16 Å². The number of halogens is 4. The first-order valence-electron chi connectivity index (χ1n) is 10.9. The first kappa shape index (κ1) is 26.3. The van der Waals surface area contributed by atoms with Gasteiger partial charge in [0.1, 0.15) is 17.6 Å². The number of nitriles is 1. The van der Waals surface area contributed by atoms with E-state index >= 15 is 0 Å². The SMILES string of the molecule is Cn1cc(Cc2c[nH]c(SCCc3ccc(Oc4ccc(Cl)c(C(F)(F)F)c4)c(C#N)c3)nc2=O)cn1. The zero-order valence-corrected chi connectivity index (χ0v) is 20.9. The van der Waals surface area contributed by atoms with Gasteiger partial charge in [-0.3, -0.25) is 9.48 Å². The maximum absolute atomic E-state index is 13.1. The molecule has 0 aliphatic heterocycles. The van der Waals surface area contributed by atoms with Crippen LogP contribution in [0.15, 0.2) is 64.9 Å². The van der Waals surface area contributed by atoms with Crippen LogP contribution in [0.25, 0.3) is 0 Å². The summed E-state index contributed by atoms with van der Waals surface area (Å²) in [6, 6.07) is 10.1. The molecule has 0 unspecified atom stereocenters. The van der Waals surface area contributed by atoms with Crippen molar-refractivity contribution >= 4 is 23.4 Å². The highest BCUT2D eigenvalue weighted by Gasteiger charge is 2.33. The summed E-state index contributed by atoms with van der Waals surface area (Å²) in [5, 5.41) is 13.7. The quantitative estimate of drug-likeness (QED) is 0.223. The number of alkyl halides is 3. The minimum Gasteiger partial charge on any atom is -0.456 e. The van der Waals surface area contributed by atoms with E-state index < -0.39 is 16.8 Å². The lowest BCUT2D eigenvalue weighted by Crippen LogP contribution is -2.14. The highest BCUT2D eigenvalue weighted by Crippen LogP contribution is 2.38. The zero-order valence-electron chi connectivity index (χ0n) is 19.3. The molecule has 4 rings (SSSR count). The summed E-state index contributed by atoms with van der Waals surface area (Å²) in [6.45, 7) is 0. The molecule has 190 valence electrons. The molecule has 2 heterocycles. The number of hydrogen-bond donors (Lipinski definition) is 1. The monoisotopic (exact) mass is 545 g/mol. The van der Waals surface area contributed by atoms with E-state index in [-0.39, 0.29) is 22.6 Å². The Labute approximate surface area is 218 Å². The van der Waals surface area contributed by atoms with Crippen LogP contribution in [0.3, 0.4) is 0 Å². The Morgan fingerprint density at radius 2 is 2.03 bits per heavy atom. The Balaban J connectivity index is 1.38. The van der Waals surface area contributed by atoms with Gasteiger partial charge < -0.3 is 9.72 Å². The van der Waals surface area contributed by atoms with E-state index in [4.69, 9.17) is 16.3 Å². The predicted octanol–water partition coefficient (Wildman–Crippen LogP) is 5.77. The highest BCUT2D eigenvalue weighted by molar-refractivity contribution is 7.99. The molecule has 7 nitrogen and oxygen atoms in total. The summed E-state index contributed by atoms with van der Waals surface area (Å²) in [7, 11) is 1.80. The second-order valence-corrected chi connectivity index (χ2v) is 9.51. The fraction of sp³-hybridized carbons (Fsp3) is 0.200. The minimum atomic E-state index is -4.63. The molecule has 0 amide bonds. The van der Waals surface area contributed by atoms with Gasteiger partial charge in [0, 0.05) is 37.2 Å². The number of thioether (sulfide) groups is 1. The van der Waals surface area contributed by atoms with Crippen molar-refractivity contribution in [3.8, 4) is 17.6 Å². The lowest BCUT2D eigenvalue weighted by atomic mass is 10.1. The number of benzene rings is 2. The van der Waals surface area contributed by atoms with Crippen molar-refractivity contribution < 1.29 is 17.9 Å². The molecule has 37 heavy (non-hydrogen) atoms. The molecule has 2 aromatic heterocycles. The molecular formula is C25H19ClF3N5O2S. The third-order valence-corrected chi connectivity index (χ3v) is 6.49. The van der Waals surface area contributed by atoms with Gasteiger partial charge in [0.2, 0.25) is 0 Å². The topological polar surface area (TPSA) is 96.6 Å². The number of H-pyrrole nitrogens is 1. The molecule has 0 bridgehead atoms. The van der Waals surface area contributed by atoms with Gasteiger partial charge in [0.05, 0.1) is 22.3 Å². The fourth-order valence-corrected chi connectivity index (χ4v) is 4.52. The van der Waals surface area contributed by atoms with Crippen molar-refractivity contribution in [2.24, 2.45) is 7.05 Å². The van der Waals surface area contributed by atoms with E-state index in [1.54, 1.807) is 36.3 Å². The van der Waals surface area contributed by atoms with E-state index in [9.17, 15) is 23.2 Å². The molecule has 0 aliphatic carbocycles. The van der Waals surface area contributed by atoms with Gasteiger partial charge >= 0.3 is 6.18 Å². The van der Waals surface area contributed by atoms with Gasteiger partial charge in [-0.1, -0.05) is 29.4 Å². The average molecular weight is 546 g/mol. The number of aromatic nitrogens is 4. The van der Waals surface area contributed by atoms with E-state index in [2.05, 4.69) is 15.1 Å². The number of aryl methyl sites for hydroxylation is 2. The van der Waals surface area contributed by atoms with Crippen molar-refractivity contribution in [3.05, 3.63) is 98.2 Å². The summed E-state index contributed by atoms with van der Waals surface area (Å²) >= 11 is 7.01. The van der Waals surface area contributed by atoms with Crippen molar-refractivity contribution in [2.75, 3.05) is 5.75 Å². The number of nitrogens with one attached hydrogen (secondary N) is 1. The Morgan fingerprint density at radius 3 is 2.70 bits per heavy atom. The summed E-state index contributed by atoms with van der Waals surface area (Å²) in [6.07, 6.45) is 1.53. The van der Waals surface area contributed by atoms with E-state index in [1.165, 1.54) is 23.9 Å². The first-order chi connectivity index (χ1) is 17.6. The summed E-state index contributed by atoms with van der Waals surface area (Å²) in [5.74, 6) is 0.616. The molecule has 0 spiro atoms. The molecule has 0 radical (unpaired) electrons. The van der Waals surface area contributed by atoms with Gasteiger partial charge in [-0.05, 0) is 47.9 Å². The first-order valence-corrected chi connectivity index (χ1v) is 12.3. The lowest BCUT2D eigenvalue weighted by molar-refractivity contribution is -0.137. The maximum atomic E-state index is 13.1. The van der Waals surface area contributed by atoms with Crippen molar-refractivity contribution in [1.29, 1.82) is 5.26 Å². The molecule has 1 N–H and O–H groups in total. The van der Waals surface area contributed by atoms with Crippen LogP contribution in [0, 0.1) is 11.3 Å². The van der Waals surface area contributed by atoms with Gasteiger partial charge in [0.25, 0.3) is 5.56 Å². The smallest absolute Gasteiger partial charge is 0.417 e. The van der Waals surface area contributed by atoms with E-state index in [1.807, 2.05) is 12.3 Å². The third-order valence-electron chi connectivity index (χ3n) is 5.27. The van der Waals surface area contributed by atoms with Crippen LogP contribution < -0.4 is 10.3 Å². The van der Waals surface area contributed by atoms with Crippen LogP contribution in [0.2, 0.25) is 5.02 Å². The van der Waals surface area contributed by atoms with Crippen LogP contribution in [0.5, 0.6) is 11.5 Å². The lowest BCUT2D eigenvalue weighted by Gasteiger charge is -2.13. The number of aromatic amines is 1. The third kappa shape index (κ3) is 6.72. The van der Waals surface area contributed by atoms with Gasteiger partial charge in [-0.2, -0.15) is 28.5 Å². The predicted molar refractivity (Wildman–Crippen MR) is 133 cm³/mol. The van der Waals surface area contributed by atoms with E-state index in [0.29, 0.717) is 29.3 Å². The fourth-order valence-electron chi connectivity index (χ4n) is 3.48. The zero-order chi connectivity index (χ0) is 26.6. The van der Waals surface area contributed by atoms with Crippen molar-refractivity contribution in [1.82, 2.24) is 19.7 Å². The molecule has 0 saturated heterocycles. The largest absolute Gasteiger partial charge is 0.456 e. The van der Waals surface area contributed by atoms with Crippen LogP contribution in [-0.2, 0) is 26.1 Å². The average Bonchev–Trinajstić information content (AvgIpc) is 3.26. The number of ether oxygens (including phenoxy) is 1. The van der Waals surface area contributed by atoms with Crippen LogP contribution in [0.1, 0.15) is 27.8 Å². The number of nitrogens with zero attached hydrogens (tertiary/aromatic N) is 4. The summed E-state index contributed by atoms with van der Waals surface area (Å²) in [4.78, 5) is 19.5. The van der Waals surface area contributed by atoms with Crippen LogP contribution >= 0.6 is 23.4 Å². The molecule has 0 atom stereocenters. The summed E-state index contributed by atoms with van der Waals surface area (Å²) < 4.78 is 46.6. The minimum absolute atomic E-state index is 0.0847. The Morgan fingerprint density at radius 1 is 1.22 bits per heavy atom. The highest BCUT2D eigenvalue weighted by atomic mass is 35.5. The molecular weight excluding hydrogens is 527 g/mol. The van der Waals surface area contributed by atoms with Crippen molar-refractivity contribution in [2.45, 2.75) is 24.2 Å². The second kappa shape index (κ2) is 11.1. The number of hydrogen-bond acceptors (Lipinski definition) is 6. The van der Waals surface area contributed by atoms with Crippen LogP contribution in [-0.4, -0.2) is 25.5 Å². The van der Waals surface area contributed by atoms with Crippen LogP contribution in [0.4, 0.5) is 13.2 Å². The normalized spacial score (nSPS) is 11.4. The number of rotatable bonds is 8. The van der Waals surface area contributed by atoms with Crippen molar-refractivity contribution in [3.63, 3.8) is 0 Å². The molecule has 2 aromatic carbocycles. The van der Waals surface area contributed by atoms with Gasteiger partial charge in [-0.25, -0.2) is 0 Å². The molecule has 12 heteroatoms. The van der Waals surface area contributed by atoms with Gasteiger partial charge in [-0.15, -0.1) is 0 Å². The van der Waals surface area contributed by atoms with E-state index in [0.717, 1.165) is 23.3 Å². The second-order valence-electron chi connectivity index (χ2n) is 8.02. The maximum Gasteiger partial charge on any atom is 0.417 e. The molecule has 0 saturated carbocycles. The standard InChI is InChI=1S/C25H19ClF3N5O2S/c1-34-14-16(12-32-34)9-18-13-31-24(33-23(18)35)37-7-6-15-2-5-22(17(8-15)11-30)36-19-3-4-21(26)20(10-19)25(27,28)29/h2-5,8,10,12-14H,6-7,9H2,1H3,(H,31,33,35). The molecule has 4 aromatic rings. The molecule has 0 aliphatic rings. The summed E-state index contributed by atoms with van der Waals surface area (Å²) in [5.41, 5.74) is 1.11. The Kier molecular flexibility index (Phi) is 7.90. The Hall–Kier alpha value is -3.75.